The van der Waals surface area contributed by atoms with E-state index in [0.29, 0.717) is 16.7 Å². The third-order valence-corrected chi connectivity index (χ3v) is 5.64. The molecule has 1 N–H and O–H groups in total. The number of aromatic nitrogens is 3. The normalized spacial score (nSPS) is 10.9. The van der Waals surface area contributed by atoms with Gasteiger partial charge in [-0.2, -0.15) is 0 Å². The van der Waals surface area contributed by atoms with E-state index >= 15 is 0 Å². The summed E-state index contributed by atoms with van der Waals surface area (Å²) in [5.74, 6) is 1.88. The number of thioether (sulfide) groups is 1. The van der Waals surface area contributed by atoms with Crippen molar-refractivity contribution in [2.75, 3.05) is 12.9 Å². The van der Waals surface area contributed by atoms with Crippen LogP contribution in [0.1, 0.15) is 32.6 Å². The molecule has 5 nitrogen and oxygen atoms in total. The van der Waals surface area contributed by atoms with Crippen molar-refractivity contribution in [2.45, 2.75) is 32.9 Å². The molecule has 1 aromatic heterocycles. The lowest BCUT2D eigenvalue weighted by molar-refractivity contribution is 0.102. The van der Waals surface area contributed by atoms with Crippen molar-refractivity contribution >= 4 is 17.5 Å². The molecule has 0 unspecified atom stereocenters. The Labute approximate surface area is 163 Å². The van der Waals surface area contributed by atoms with Crippen molar-refractivity contribution in [3.05, 3.63) is 58.1 Å². The number of hydrogen-bond acceptors (Lipinski definition) is 5. The molecule has 3 aromatic rings. The minimum atomic E-state index is 0.105. The zero-order valence-electron chi connectivity index (χ0n) is 16.2. The second kappa shape index (κ2) is 7.96. The van der Waals surface area contributed by atoms with Crippen LogP contribution in [0.5, 0.6) is 5.75 Å². The molecule has 0 radical (unpaired) electrons. The molecule has 1 heterocycles. The Morgan fingerprint density at radius 2 is 1.78 bits per heavy atom. The lowest BCUT2D eigenvalue weighted by Gasteiger charge is -2.13. The molecule has 0 saturated carbocycles. The molecule has 0 aliphatic carbocycles. The van der Waals surface area contributed by atoms with Crippen LogP contribution in [0.25, 0.3) is 11.4 Å². The summed E-state index contributed by atoms with van der Waals surface area (Å²) < 4.78 is 5.16. The molecular weight excluding hydrogens is 358 g/mol. The van der Waals surface area contributed by atoms with Gasteiger partial charge in [-0.1, -0.05) is 17.8 Å². The highest BCUT2D eigenvalue weighted by molar-refractivity contribution is 7.99. The average molecular weight is 382 g/mol. The Bertz CT molecular complexity index is 978. The molecule has 140 valence electrons. The summed E-state index contributed by atoms with van der Waals surface area (Å²) in [4.78, 5) is 17.3. The van der Waals surface area contributed by atoms with E-state index in [-0.39, 0.29) is 5.78 Å². The number of ether oxygens (including phenoxy) is 1. The van der Waals surface area contributed by atoms with Crippen LogP contribution in [0.4, 0.5) is 0 Å². The van der Waals surface area contributed by atoms with Crippen LogP contribution in [-0.4, -0.2) is 33.8 Å². The summed E-state index contributed by atoms with van der Waals surface area (Å²) in [6, 6.07) is 9.66. The first-order valence-corrected chi connectivity index (χ1v) is 9.69. The van der Waals surface area contributed by atoms with E-state index < -0.39 is 0 Å². The number of methoxy groups -OCH3 is 1. The van der Waals surface area contributed by atoms with Gasteiger partial charge in [-0.05, 0) is 74.2 Å². The summed E-state index contributed by atoms with van der Waals surface area (Å²) in [6.07, 6.45) is 0. The van der Waals surface area contributed by atoms with Crippen molar-refractivity contribution in [1.29, 1.82) is 0 Å². The molecule has 0 aliphatic rings. The van der Waals surface area contributed by atoms with Gasteiger partial charge in [-0.25, -0.2) is 4.98 Å². The predicted octanol–water partition coefficient (Wildman–Crippen LogP) is 4.69. The first-order valence-electron chi connectivity index (χ1n) is 8.71. The van der Waals surface area contributed by atoms with Gasteiger partial charge < -0.3 is 4.74 Å². The summed E-state index contributed by atoms with van der Waals surface area (Å²) in [5, 5.41) is 7.71. The van der Waals surface area contributed by atoms with E-state index in [0.717, 1.165) is 28.0 Å². The number of carbonyl (C=O) groups is 1. The molecule has 27 heavy (non-hydrogen) atoms. The van der Waals surface area contributed by atoms with Gasteiger partial charge in [0, 0.05) is 11.1 Å². The van der Waals surface area contributed by atoms with Crippen molar-refractivity contribution in [3.8, 4) is 17.1 Å². The Balaban J connectivity index is 1.72. The number of H-pyrrole nitrogens is 1. The van der Waals surface area contributed by atoms with Crippen LogP contribution in [0.15, 0.2) is 35.5 Å². The van der Waals surface area contributed by atoms with Crippen LogP contribution in [-0.2, 0) is 0 Å². The van der Waals surface area contributed by atoms with E-state index in [2.05, 4.69) is 35.1 Å². The molecule has 0 atom stereocenters. The summed E-state index contributed by atoms with van der Waals surface area (Å²) in [5.41, 5.74) is 6.21. The SMILES string of the molecule is COc1ccc(-c2nc(SCC(=O)c3c(C)cc(C)c(C)c3C)n[nH]2)cc1. The number of Topliss-reactive ketones (excluding diaryl/α,β-unsaturated/α-hetero) is 1. The molecule has 0 aliphatic heterocycles. The minimum Gasteiger partial charge on any atom is -0.497 e. The zero-order valence-corrected chi connectivity index (χ0v) is 17.0. The molecule has 6 heteroatoms. The zero-order chi connectivity index (χ0) is 19.6. The van der Waals surface area contributed by atoms with Gasteiger partial charge >= 0.3 is 0 Å². The van der Waals surface area contributed by atoms with Gasteiger partial charge in [0.15, 0.2) is 11.6 Å². The van der Waals surface area contributed by atoms with Crippen molar-refractivity contribution < 1.29 is 9.53 Å². The molecule has 3 rings (SSSR count). The predicted molar refractivity (Wildman–Crippen MR) is 109 cm³/mol. The van der Waals surface area contributed by atoms with Gasteiger partial charge in [-0.3, -0.25) is 9.89 Å². The largest absolute Gasteiger partial charge is 0.497 e. The average Bonchev–Trinajstić information content (AvgIpc) is 3.13. The van der Waals surface area contributed by atoms with Crippen LogP contribution in [0.3, 0.4) is 0 Å². The maximum absolute atomic E-state index is 12.8. The Kier molecular flexibility index (Phi) is 5.65. The van der Waals surface area contributed by atoms with Gasteiger partial charge in [0.05, 0.1) is 12.9 Å². The summed E-state index contributed by atoms with van der Waals surface area (Å²) in [6.45, 7) is 8.14. The van der Waals surface area contributed by atoms with Crippen LogP contribution >= 0.6 is 11.8 Å². The summed E-state index contributed by atoms with van der Waals surface area (Å²) >= 11 is 1.35. The van der Waals surface area contributed by atoms with Gasteiger partial charge in [-0.15, -0.1) is 5.10 Å². The molecule has 0 bridgehead atoms. The standard InChI is InChI=1S/C21H23N3O2S/c1-12-10-13(2)19(15(4)14(12)3)18(25)11-27-21-22-20(23-24-21)16-6-8-17(26-5)9-7-16/h6-10H,11H2,1-5H3,(H,22,23,24). The lowest BCUT2D eigenvalue weighted by atomic mass is 9.92. The smallest absolute Gasteiger partial charge is 0.209 e. The lowest BCUT2D eigenvalue weighted by Crippen LogP contribution is -2.09. The first-order chi connectivity index (χ1) is 12.9. The quantitative estimate of drug-likeness (QED) is 0.496. The molecular formula is C21H23N3O2S. The van der Waals surface area contributed by atoms with Gasteiger partial charge in [0.1, 0.15) is 5.75 Å². The third-order valence-electron chi connectivity index (χ3n) is 4.80. The van der Waals surface area contributed by atoms with Crippen LogP contribution in [0, 0.1) is 27.7 Å². The Morgan fingerprint density at radius 3 is 2.44 bits per heavy atom. The molecule has 0 spiro atoms. The summed E-state index contributed by atoms with van der Waals surface area (Å²) in [7, 11) is 1.63. The van der Waals surface area contributed by atoms with Crippen LogP contribution < -0.4 is 4.74 Å². The Hall–Kier alpha value is -2.60. The number of benzene rings is 2. The minimum absolute atomic E-state index is 0.105. The number of aryl methyl sites for hydroxylation is 2. The Morgan fingerprint density at radius 1 is 1.07 bits per heavy atom. The van der Waals surface area contributed by atoms with E-state index in [1.165, 1.54) is 22.9 Å². The third kappa shape index (κ3) is 4.06. The molecule has 0 saturated heterocycles. The van der Waals surface area contributed by atoms with E-state index in [9.17, 15) is 4.79 Å². The number of nitrogens with one attached hydrogen (secondary N) is 1. The van der Waals surface area contributed by atoms with Crippen LogP contribution in [0.2, 0.25) is 0 Å². The number of hydrogen-bond donors (Lipinski definition) is 1. The monoisotopic (exact) mass is 381 g/mol. The molecule has 0 fully saturated rings. The fourth-order valence-corrected chi connectivity index (χ4v) is 3.78. The maximum Gasteiger partial charge on any atom is 0.209 e. The van der Waals surface area contributed by atoms with E-state index in [4.69, 9.17) is 4.74 Å². The highest BCUT2D eigenvalue weighted by atomic mass is 32.2. The number of carbonyl (C=O) groups excluding carboxylic acids is 1. The van der Waals surface area contributed by atoms with Crippen molar-refractivity contribution in [3.63, 3.8) is 0 Å². The molecule has 2 aromatic carbocycles. The number of ketones is 1. The highest BCUT2D eigenvalue weighted by Crippen LogP contribution is 2.25. The molecule has 0 amide bonds. The fraction of sp³-hybridized carbons (Fsp3) is 0.286. The second-order valence-electron chi connectivity index (χ2n) is 6.54. The highest BCUT2D eigenvalue weighted by Gasteiger charge is 2.17. The second-order valence-corrected chi connectivity index (χ2v) is 7.48. The first kappa shape index (κ1) is 19.2. The maximum atomic E-state index is 12.8. The number of nitrogens with zero attached hydrogens (tertiary/aromatic N) is 2. The van der Waals surface area contributed by atoms with E-state index in [1.807, 2.05) is 38.1 Å². The van der Waals surface area contributed by atoms with Crippen molar-refractivity contribution in [2.24, 2.45) is 0 Å². The van der Waals surface area contributed by atoms with Gasteiger partial charge in [0.25, 0.3) is 0 Å². The number of rotatable bonds is 6. The fourth-order valence-electron chi connectivity index (χ4n) is 3.10. The topological polar surface area (TPSA) is 67.9 Å². The number of aromatic amines is 1. The van der Waals surface area contributed by atoms with Crippen molar-refractivity contribution in [1.82, 2.24) is 15.2 Å². The van der Waals surface area contributed by atoms with E-state index in [1.54, 1.807) is 7.11 Å². The van der Waals surface area contributed by atoms with Gasteiger partial charge in [0.2, 0.25) is 5.16 Å².